The molecular weight excluding hydrogens is 338 g/mol. The van der Waals surface area contributed by atoms with E-state index in [0.29, 0.717) is 23.4 Å². The second kappa shape index (κ2) is 8.19. The van der Waals surface area contributed by atoms with Gasteiger partial charge in [-0.05, 0) is 44.5 Å². The van der Waals surface area contributed by atoms with Crippen LogP contribution in [0.15, 0.2) is 47.3 Å². The molecule has 0 aliphatic heterocycles. The summed E-state index contributed by atoms with van der Waals surface area (Å²) in [6.07, 6.45) is 3.01. The van der Waals surface area contributed by atoms with Crippen LogP contribution < -0.4 is 16.0 Å². The zero-order chi connectivity index (χ0) is 19.2. The molecule has 0 spiro atoms. The van der Waals surface area contributed by atoms with Gasteiger partial charge in [0.2, 0.25) is 0 Å². The number of anilines is 2. The van der Waals surface area contributed by atoms with Gasteiger partial charge in [-0.25, -0.2) is 4.79 Å². The average Bonchev–Trinajstić information content (AvgIpc) is 3.07. The SMILES string of the molecule is CC(C)(CCC(=O)O)NC(=O)Nc1cccc(NC(=O)c2ccoc2)c1. The van der Waals surface area contributed by atoms with Crippen molar-refractivity contribution in [2.45, 2.75) is 32.2 Å². The van der Waals surface area contributed by atoms with Gasteiger partial charge in [0.1, 0.15) is 6.26 Å². The summed E-state index contributed by atoms with van der Waals surface area (Å²) in [5, 5.41) is 16.8. The molecule has 26 heavy (non-hydrogen) atoms. The summed E-state index contributed by atoms with van der Waals surface area (Å²) in [6, 6.07) is 7.76. The van der Waals surface area contributed by atoms with Crippen molar-refractivity contribution in [1.29, 1.82) is 0 Å². The van der Waals surface area contributed by atoms with Crippen LogP contribution in [-0.4, -0.2) is 28.6 Å². The van der Waals surface area contributed by atoms with Gasteiger partial charge in [-0.2, -0.15) is 0 Å². The van der Waals surface area contributed by atoms with Crippen LogP contribution in [0, 0.1) is 0 Å². The summed E-state index contributed by atoms with van der Waals surface area (Å²) in [6.45, 7) is 3.49. The first-order valence-corrected chi connectivity index (χ1v) is 8.00. The molecule has 138 valence electrons. The van der Waals surface area contributed by atoms with E-state index < -0.39 is 17.5 Å². The molecule has 0 aliphatic rings. The minimum atomic E-state index is -0.915. The molecule has 1 aromatic heterocycles. The number of rotatable bonds is 7. The second-order valence-corrected chi connectivity index (χ2v) is 6.40. The highest BCUT2D eigenvalue weighted by Crippen LogP contribution is 2.17. The van der Waals surface area contributed by atoms with E-state index in [4.69, 9.17) is 9.52 Å². The number of carboxylic acid groups (broad SMARTS) is 1. The monoisotopic (exact) mass is 359 g/mol. The molecule has 2 aromatic rings. The minimum absolute atomic E-state index is 0.0389. The molecule has 1 aromatic carbocycles. The van der Waals surface area contributed by atoms with Crippen LogP contribution in [0.3, 0.4) is 0 Å². The van der Waals surface area contributed by atoms with Gasteiger partial charge in [-0.1, -0.05) is 6.07 Å². The third kappa shape index (κ3) is 5.97. The standard InChI is InChI=1S/C18H21N3O5/c1-18(2,8-6-15(22)23)21-17(25)20-14-5-3-4-13(10-14)19-16(24)12-7-9-26-11-12/h3-5,7,9-11H,6,8H2,1-2H3,(H,19,24)(H,22,23)(H2,20,21,25). The number of nitrogens with one attached hydrogen (secondary N) is 3. The Labute approximate surface area is 150 Å². The molecule has 0 atom stereocenters. The first kappa shape index (κ1) is 19.0. The van der Waals surface area contributed by atoms with E-state index in [1.165, 1.54) is 12.5 Å². The number of aliphatic carboxylic acids is 1. The van der Waals surface area contributed by atoms with E-state index >= 15 is 0 Å². The van der Waals surface area contributed by atoms with Crippen molar-refractivity contribution in [2.24, 2.45) is 0 Å². The lowest BCUT2D eigenvalue weighted by atomic mass is 9.99. The Hall–Kier alpha value is -3.29. The molecule has 0 bridgehead atoms. The predicted octanol–water partition coefficient (Wildman–Crippen LogP) is 3.30. The Bertz CT molecular complexity index is 784. The number of benzene rings is 1. The highest BCUT2D eigenvalue weighted by molar-refractivity contribution is 6.04. The molecule has 0 unspecified atom stereocenters. The van der Waals surface area contributed by atoms with Crippen LogP contribution in [0.1, 0.15) is 37.0 Å². The largest absolute Gasteiger partial charge is 0.481 e. The van der Waals surface area contributed by atoms with Gasteiger partial charge in [0, 0.05) is 23.3 Å². The Balaban J connectivity index is 1.94. The van der Waals surface area contributed by atoms with Crippen molar-refractivity contribution in [3.63, 3.8) is 0 Å². The summed E-state index contributed by atoms with van der Waals surface area (Å²) in [4.78, 5) is 34.8. The normalized spacial score (nSPS) is 10.8. The van der Waals surface area contributed by atoms with Crippen LogP contribution in [-0.2, 0) is 4.79 Å². The molecule has 3 amide bonds. The Morgan fingerprint density at radius 3 is 2.42 bits per heavy atom. The third-order valence-corrected chi connectivity index (χ3v) is 3.58. The van der Waals surface area contributed by atoms with E-state index in [1.54, 1.807) is 44.2 Å². The van der Waals surface area contributed by atoms with Crippen molar-refractivity contribution in [3.8, 4) is 0 Å². The van der Waals surface area contributed by atoms with E-state index in [9.17, 15) is 14.4 Å². The second-order valence-electron chi connectivity index (χ2n) is 6.40. The van der Waals surface area contributed by atoms with E-state index in [0.717, 1.165) is 0 Å². The topological polar surface area (TPSA) is 121 Å². The first-order valence-electron chi connectivity index (χ1n) is 8.00. The molecule has 0 aliphatic carbocycles. The number of hydrogen-bond acceptors (Lipinski definition) is 4. The quantitative estimate of drug-likeness (QED) is 0.604. The number of urea groups is 1. The maximum atomic E-state index is 12.1. The number of carbonyl (C=O) groups is 3. The lowest BCUT2D eigenvalue weighted by Crippen LogP contribution is -2.45. The van der Waals surface area contributed by atoms with Crippen LogP contribution in [0.5, 0.6) is 0 Å². The fraction of sp³-hybridized carbons (Fsp3) is 0.278. The number of amides is 3. The van der Waals surface area contributed by atoms with Gasteiger partial charge in [0.15, 0.2) is 0 Å². The van der Waals surface area contributed by atoms with Crippen molar-refractivity contribution < 1.29 is 23.9 Å². The maximum Gasteiger partial charge on any atom is 0.319 e. The van der Waals surface area contributed by atoms with Gasteiger partial charge in [-0.3, -0.25) is 9.59 Å². The number of furan rings is 1. The van der Waals surface area contributed by atoms with Crippen LogP contribution in [0.2, 0.25) is 0 Å². The molecule has 8 nitrogen and oxygen atoms in total. The smallest absolute Gasteiger partial charge is 0.319 e. The molecule has 8 heteroatoms. The lowest BCUT2D eigenvalue weighted by molar-refractivity contribution is -0.137. The van der Waals surface area contributed by atoms with Crippen molar-refractivity contribution >= 4 is 29.3 Å². The number of hydrogen-bond donors (Lipinski definition) is 4. The minimum Gasteiger partial charge on any atom is -0.481 e. The van der Waals surface area contributed by atoms with Gasteiger partial charge in [-0.15, -0.1) is 0 Å². The van der Waals surface area contributed by atoms with Crippen LogP contribution >= 0.6 is 0 Å². The van der Waals surface area contributed by atoms with Crippen molar-refractivity contribution in [3.05, 3.63) is 48.4 Å². The lowest BCUT2D eigenvalue weighted by Gasteiger charge is -2.25. The molecule has 0 radical (unpaired) electrons. The van der Waals surface area contributed by atoms with Crippen LogP contribution in [0.4, 0.5) is 16.2 Å². The summed E-state index contributed by atoms with van der Waals surface area (Å²) in [5.41, 5.74) is 0.720. The van der Waals surface area contributed by atoms with Gasteiger partial charge in [0.05, 0.1) is 11.8 Å². The summed E-state index contributed by atoms with van der Waals surface area (Å²) in [5.74, 6) is -1.24. The molecule has 4 N–H and O–H groups in total. The zero-order valence-electron chi connectivity index (χ0n) is 14.5. The summed E-state index contributed by atoms with van der Waals surface area (Å²) < 4.78 is 4.87. The molecule has 1 heterocycles. The average molecular weight is 359 g/mol. The zero-order valence-corrected chi connectivity index (χ0v) is 14.5. The van der Waals surface area contributed by atoms with Gasteiger partial charge >= 0.3 is 12.0 Å². The molecule has 0 saturated carbocycles. The summed E-state index contributed by atoms with van der Waals surface area (Å²) >= 11 is 0. The molecule has 0 fully saturated rings. The van der Waals surface area contributed by atoms with Crippen molar-refractivity contribution in [2.75, 3.05) is 10.6 Å². The highest BCUT2D eigenvalue weighted by atomic mass is 16.4. The highest BCUT2D eigenvalue weighted by Gasteiger charge is 2.21. The molecule has 2 rings (SSSR count). The van der Waals surface area contributed by atoms with E-state index in [1.807, 2.05) is 0 Å². The van der Waals surface area contributed by atoms with E-state index in [2.05, 4.69) is 16.0 Å². The van der Waals surface area contributed by atoms with Crippen LogP contribution in [0.25, 0.3) is 0 Å². The first-order chi connectivity index (χ1) is 12.2. The molecular formula is C18H21N3O5. The molecule has 0 saturated heterocycles. The van der Waals surface area contributed by atoms with Gasteiger partial charge < -0.3 is 25.5 Å². The fourth-order valence-corrected chi connectivity index (χ4v) is 2.22. The van der Waals surface area contributed by atoms with Gasteiger partial charge in [0.25, 0.3) is 5.91 Å². The number of carboxylic acids is 1. The Morgan fingerprint density at radius 2 is 1.81 bits per heavy atom. The fourth-order valence-electron chi connectivity index (χ4n) is 2.22. The van der Waals surface area contributed by atoms with E-state index in [-0.39, 0.29) is 12.3 Å². The predicted molar refractivity (Wildman–Crippen MR) is 96.2 cm³/mol. The third-order valence-electron chi connectivity index (χ3n) is 3.58. The Morgan fingerprint density at radius 1 is 1.12 bits per heavy atom. The Kier molecular flexibility index (Phi) is 6.00. The summed E-state index contributed by atoms with van der Waals surface area (Å²) in [7, 11) is 0. The maximum absolute atomic E-state index is 12.1. The van der Waals surface area contributed by atoms with Crippen molar-refractivity contribution in [1.82, 2.24) is 5.32 Å². The number of carbonyl (C=O) groups excluding carboxylic acids is 2.